The van der Waals surface area contributed by atoms with Gasteiger partial charge in [0.2, 0.25) is 5.91 Å². The van der Waals surface area contributed by atoms with Crippen molar-refractivity contribution < 1.29 is 14.7 Å². The maximum absolute atomic E-state index is 12.4. The zero-order valence-electron chi connectivity index (χ0n) is 12.5. The summed E-state index contributed by atoms with van der Waals surface area (Å²) in [5.41, 5.74) is 1.05. The van der Waals surface area contributed by atoms with E-state index in [0.717, 1.165) is 5.56 Å². The Kier molecular flexibility index (Phi) is 7.29. The molecule has 0 saturated carbocycles. The third kappa shape index (κ3) is 5.08. The van der Waals surface area contributed by atoms with Crippen LogP contribution in [0.5, 0.6) is 0 Å². The van der Waals surface area contributed by atoms with Crippen molar-refractivity contribution in [1.82, 2.24) is 5.32 Å². The van der Waals surface area contributed by atoms with Gasteiger partial charge >= 0.3 is 5.97 Å². The second kappa shape index (κ2) is 8.72. The summed E-state index contributed by atoms with van der Waals surface area (Å²) >= 11 is 4.26. The molecule has 0 aliphatic carbocycles. The molecule has 0 saturated heterocycles. The predicted molar refractivity (Wildman–Crippen MR) is 86.7 cm³/mol. The number of amides is 1. The molecule has 0 unspecified atom stereocenters. The van der Waals surface area contributed by atoms with E-state index in [0.29, 0.717) is 18.6 Å². The summed E-state index contributed by atoms with van der Waals surface area (Å²) in [6.07, 6.45) is 1.14. The van der Waals surface area contributed by atoms with Crippen molar-refractivity contribution in [3.63, 3.8) is 0 Å². The number of rotatable bonds is 8. The van der Waals surface area contributed by atoms with Crippen LogP contribution in [-0.4, -0.2) is 28.8 Å². The number of benzene rings is 1. The van der Waals surface area contributed by atoms with Crippen molar-refractivity contribution in [2.45, 2.75) is 38.6 Å². The van der Waals surface area contributed by atoms with E-state index in [1.165, 1.54) is 0 Å². The number of aliphatic carboxylic acids is 1. The molecule has 0 radical (unpaired) electrons. The van der Waals surface area contributed by atoms with Crippen LogP contribution in [0, 0.1) is 5.92 Å². The standard InChI is InChI=1S/C16H23NO3S/c1-3-7-14(16(19)20)17-15(18)13(10-21)11(2)12-8-5-4-6-9-12/h4-6,8-9,11,13-14,21H,3,7,10H2,1-2H3,(H,17,18)(H,19,20)/t11-,13-,14-/m0/s1. The Hall–Kier alpha value is -1.49. The van der Waals surface area contributed by atoms with Crippen LogP contribution in [0.25, 0.3) is 0 Å². The molecule has 5 heteroatoms. The van der Waals surface area contributed by atoms with Crippen molar-refractivity contribution in [3.8, 4) is 0 Å². The molecule has 0 aliphatic rings. The zero-order chi connectivity index (χ0) is 15.8. The lowest BCUT2D eigenvalue weighted by Crippen LogP contribution is -2.45. The molecule has 0 aliphatic heterocycles. The Morgan fingerprint density at radius 2 is 1.90 bits per heavy atom. The van der Waals surface area contributed by atoms with Crippen LogP contribution in [0.1, 0.15) is 38.2 Å². The fourth-order valence-corrected chi connectivity index (χ4v) is 2.76. The molecule has 1 amide bonds. The van der Waals surface area contributed by atoms with E-state index in [1.807, 2.05) is 44.2 Å². The van der Waals surface area contributed by atoms with E-state index in [4.69, 9.17) is 5.11 Å². The molecule has 3 atom stereocenters. The van der Waals surface area contributed by atoms with Crippen LogP contribution in [0.15, 0.2) is 30.3 Å². The molecule has 0 fully saturated rings. The predicted octanol–water partition coefficient (Wildman–Crippen LogP) is 2.71. The van der Waals surface area contributed by atoms with Crippen molar-refractivity contribution >= 4 is 24.5 Å². The molecule has 21 heavy (non-hydrogen) atoms. The molecular weight excluding hydrogens is 286 g/mol. The van der Waals surface area contributed by atoms with Gasteiger partial charge in [-0.25, -0.2) is 4.79 Å². The van der Waals surface area contributed by atoms with Crippen LogP contribution in [-0.2, 0) is 9.59 Å². The maximum Gasteiger partial charge on any atom is 0.326 e. The Morgan fingerprint density at radius 3 is 2.38 bits per heavy atom. The largest absolute Gasteiger partial charge is 0.480 e. The molecule has 2 N–H and O–H groups in total. The highest BCUT2D eigenvalue weighted by Crippen LogP contribution is 2.25. The SMILES string of the molecule is CCC[C@H](NC(=O)[C@@H](CS)[C@@H](C)c1ccccc1)C(=O)O. The van der Waals surface area contributed by atoms with Crippen LogP contribution in [0.4, 0.5) is 0 Å². The number of carbonyl (C=O) groups excluding carboxylic acids is 1. The highest BCUT2D eigenvalue weighted by atomic mass is 32.1. The number of carbonyl (C=O) groups is 2. The molecule has 116 valence electrons. The van der Waals surface area contributed by atoms with E-state index < -0.39 is 12.0 Å². The average molecular weight is 309 g/mol. The van der Waals surface area contributed by atoms with Crippen LogP contribution >= 0.6 is 12.6 Å². The normalized spacial score (nSPS) is 15.0. The summed E-state index contributed by atoms with van der Waals surface area (Å²) in [4.78, 5) is 23.5. The van der Waals surface area contributed by atoms with Gasteiger partial charge in [0.15, 0.2) is 0 Å². The molecule has 1 rings (SSSR count). The number of nitrogens with one attached hydrogen (secondary N) is 1. The van der Waals surface area contributed by atoms with Gasteiger partial charge in [-0.1, -0.05) is 50.6 Å². The van der Waals surface area contributed by atoms with Crippen molar-refractivity contribution in [1.29, 1.82) is 0 Å². The lowest BCUT2D eigenvalue weighted by molar-refractivity contribution is -0.142. The van der Waals surface area contributed by atoms with Crippen molar-refractivity contribution in [3.05, 3.63) is 35.9 Å². The van der Waals surface area contributed by atoms with Gasteiger partial charge in [0.25, 0.3) is 0 Å². The zero-order valence-corrected chi connectivity index (χ0v) is 13.3. The topological polar surface area (TPSA) is 66.4 Å². The van der Waals surface area contributed by atoms with Gasteiger partial charge in [-0.15, -0.1) is 0 Å². The molecule has 4 nitrogen and oxygen atoms in total. The molecular formula is C16H23NO3S. The summed E-state index contributed by atoms with van der Waals surface area (Å²) in [6, 6.07) is 8.89. The maximum atomic E-state index is 12.4. The fraction of sp³-hybridized carbons (Fsp3) is 0.500. The Balaban J connectivity index is 2.79. The number of carboxylic acids is 1. The van der Waals surface area contributed by atoms with Gasteiger partial charge in [-0.05, 0) is 17.9 Å². The lowest BCUT2D eigenvalue weighted by Gasteiger charge is -2.24. The van der Waals surface area contributed by atoms with Gasteiger partial charge in [0, 0.05) is 5.75 Å². The Labute approximate surface area is 131 Å². The number of carboxylic acid groups (broad SMARTS) is 1. The number of hydrogen-bond donors (Lipinski definition) is 3. The number of hydrogen-bond acceptors (Lipinski definition) is 3. The fourth-order valence-electron chi connectivity index (χ4n) is 2.28. The quantitative estimate of drug-likeness (QED) is 0.647. The second-order valence-corrected chi connectivity index (χ2v) is 5.54. The van der Waals surface area contributed by atoms with Crippen molar-refractivity contribution in [2.75, 3.05) is 5.75 Å². The smallest absolute Gasteiger partial charge is 0.326 e. The summed E-state index contributed by atoms with van der Waals surface area (Å²) in [5, 5.41) is 11.8. The first kappa shape index (κ1) is 17.6. The first-order valence-electron chi connectivity index (χ1n) is 7.20. The average Bonchev–Trinajstić information content (AvgIpc) is 2.48. The van der Waals surface area contributed by atoms with E-state index in [2.05, 4.69) is 17.9 Å². The van der Waals surface area contributed by atoms with Gasteiger partial charge in [0.05, 0.1) is 5.92 Å². The third-order valence-corrected chi connectivity index (χ3v) is 4.05. The van der Waals surface area contributed by atoms with Crippen molar-refractivity contribution in [2.24, 2.45) is 5.92 Å². The minimum absolute atomic E-state index is 0.0141. The molecule has 1 aromatic rings. The second-order valence-electron chi connectivity index (χ2n) is 5.18. The minimum atomic E-state index is -0.990. The Bertz CT molecular complexity index is 464. The van der Waals surface area contributed by atoms with Crippen LogP contribution < -0.4 is 5.32 Å². The first-order chi connectivity index (χ1) is 10.0. The van der Waals surface area contributed by atoms with Crippen LogP contribution in [0.2, 0.25) is 0 Å². The molecule has 0 heterocycles. The summed E-state index contributed by atoms with van der Waals surface area (Å²) in [6.45, 7) is 3.86. The minimum Gasteiger partial charge on any atom is -0.480 e. The van der Waals surface area contributed by atoms with Gasteiger partial charge in [-0.3, -0.25) is 4.79 Å². The first-order valence-corrected chi connectivity index (χ1v) is 7.83. The molecule has 0 bridgehead atoms. The van der Waals surface area contributed by atoms with Gasteiger partial charge in [0.1, 0.15) is 6.04 Å². The van der Waals surface area contributed by atoms with Gasteiger partial charge in [-0.2, -0.15) is 12.6 Å². The summed E-state index contributed by atoms with van der Waals surface area (Å²) in [5.74, 6) is -1.23. The van der Waals surface area contributed by atoms with E-state index in [1.54, 1.807) is 0 Å². The molecule has 0 aromatic heterocycles. The van der Waals surface area contributed by atoms with E-state index >= 15 is 0 Å². The number of thiol groups is 1. The molecule has 1 aromatic carbocycles. The monoisotopic (exact) mass is 309 g/mol. The summed E-state index contributed by atoms with van der Waals surface area (Å²) in [7, 11) is 0. The highest BCUT2D eigenvalue weighted by molar-refractivity contribution is 7.80. The third-order valence-electron chi connectivity index (χ3n) is 3.65. The lowest BCUT2D eigenvalue weighted by atomic mass is 9.88. The highest BCUT2D eigenvalue weighted by Gasteiger charge is 2.28. The van der Waals surface area contributed by atoms with E-state index in [-0.39, 0.29) is 17.7 Å². The van der Waals surface area contributed by atoms with E-state index in [9.17, 15) is 9.59 Å². The van der Waals surface area contributed by atoms with Crippen LogP contribution in [0.3, 0.4) is 0 Å². The molecule has 0 spiro atoms. The summed E-state index contributed by atoms with van der Waals surface area (Å²) < 4.78 is 0. The van der Waals surface area contributed by atoms with Gasteiger partial charge < -0.3 is 10.4 Å². The Morgan fingerprint density at radius 1 is 1.29 bits per heavy atom.